The topological polar surface area (TPSA) is 109 Å². The number of sulfonamides is 1. The Kier molecular flexibility index (Phi) is 5.26. The summed E-state index contributed by atoms with van der Waals surface area (Å²) in [5.41, 5.74) is 0.964. The van der Waals surface area contributed by atoms with Gasteiger partial charge in [0.1, 0.15) is 5.82 Å². The highest BCUT2D eigenvalue weighted by atomic mass is 32.2. The third-order valence-corrected chi connectivity index (χ3v) is 5.62. The van der Waals surface area contributed by atoms with Crippen molar-refractivity contribution in [2.45, 2.75) is 11.4 Å². The minimum atomic E-state index is -4.18. The molecule has 1 aromatic heterocycles. The first-order valence-electron chi connectivity index (χ1n) is 7.72. The van der Waals surface area contributed by atoms with Gasteiger partial charge in [-0.25, -0.2) is 22.7 Å². The molecule has 9 heteroatoms. The van der Waals surface area contributed by atoms with Gasteiger partial charge in [-0.05, 0) is 41.3 Å². The Morgan fingerprint density at radius 1 is 1.19 bits per heavy atom. The van der Waals surface area contributed by atoms with Crippen LogP contribution in [0.1, 0.15) is 15.9 Å². The summed E-state index contributed by atoms with van der Waals surface area (Å²) in [6, 6.07) is 11.7. The van der Waals surface area contributed by atoms with E-state index >= 15 is 0 Å². The number of hydrogen-bond acceptors (Lipinski definition) is 5. The van der Waals surface area contributed by atoms with Gasteiger partial charge in [-0.1, -0.05) is 18.2 Å². The molecule has 0 amide bonds. The number of rotatable bonds is 6. The summed E-state index contributed by atoms with van der Waals surface area (Å²) in [6.45, 7) is 0.170. The van der Waals surface area contributed by atoms with E-state index < -0.39 is 21.8 Å². The van der Waals surface area contributed by atoms with E-state index in [1.165, 1.54) is 29.5 Å². The number of nitrogens with one attached hydrogen (secondary N) is 1. The standard InChI is InChI=1S/C18H15FN2O4S2/c19-13-4-1-3-11(7-13)10-21-14-8-12(18(22)23)9-16(27(20,24)25)17(14)15-5-2-6-26-15/h1-9,21H,10H2,(H,22,23)(H2,20,24,25). The van der Waals surface area contributed by atoms with E-state index in [9.17, 15) is 22.7 Å². The number of benzene rings is 2. The monoisotopic (exact) mass is 406 g/mol. The number of aromatic carboxylic acids is 1. The second-order valence-corrected chi connectivity index (χ2v) is 8.19. The largest absolute Gasteiger partial charge is 0.478 e. The summed E-state index contributed by atoms with van der Waals surface area (Å²) in [4.78, 5) is 11.8. The zero-order valence-corrected chi connectivity index (χ0v) is 15.5. The number of primary sulfonamides is 1. The lowest BCUT2D eigenvalue weighted by molar-refractivity contribution is 0.0696. The number of carboxylic acids is 1. The van der Waals surface area contributed by atoms with E-state index in [0.717, 1.165) is 6.07 Å². The molecule has 0 radical (unpaired) electrons. The van der Waals surface area contributed by atoms with Crippen molar-refractivity contribution in [3.05, 3.63) is 70.9 Å². The van der Waals surface area contributed by atoms with Crippen molar-refractivity contribution in [2.75, 3.05) is 5.32 Å². The molecule has 0 saturated carbocycles. The van der Waals surface area contributed by atoms with Gasteiger partial charge in [-0.15, -0.1) is 11.3 Å². The van der Waals surface area contributed by atoms with Crippen LogP contribution in [0.2, 0.25) is 0 Å². The molecule has 0 spiro atoms. The van der Waals surface area contributed by atoms with Crippen LogP contribution in [0.25, 0.3) is 10.4 Å². The van der Waals surface area contributed by atoms with E-state index in [4.69, 9.17) is 5.14 Å². The number of carboxylic acid groups (broad SMARTS) is 1. The van der Waals surface area contributed by atoms with Crippen molar-refractivity contribution in [3.63, 3.8) is 0 Å². The van der Waals surface area contributed by atoms with Crippen molar-refractivity contribution in [1.29, 1.82) is 0 Å². The molecule has 0 atom stereocenters. The maximum Gasteiger partial charge on any atom is 0.335 e. The van der Waals surface area contributed by atoms with Gasteiger partial charge in [0.25, 0.3) is 0 Å². The van der Waals surface area contributed by atoms with Crippen molar-refractivity contribution in [1.82, 2.24) is 0 Å². The van der Waals surface area contributed by atoms with Crippen LogP contribution in [0.5, 0.6) is 0 Å². The molecule has 3 aromatic rings. The van der Waals surface area contributed by atoms with Gasteiger partial charge in [-0.2, -0.15) is 0 Å². The lowest BCUT2D eigenvalue weighted by atomic mass is 10.1. The number of thiophene rings is 1. The fraction of sp³-hybridized carbons (Fsp3) is 0.0556. The molecule has 0 fully saturated rings. The third-order valence-electron chi connectivity index (χ3n) is 3.80. The summed E-state index contributed by atoms with van der Waals surface area (Å²) in [7, 11) is -4.18. The molecule has 4 N–H and O–H groups in total. The van der Waals surface area contributed by atoms with E-state index in [-0.39, 0.29) is 28.3 Å². The molecule has 1 heterocycles. The molecule has 3 rings (SSSR count). The molecular weight excluding hydrogens is 391 g/mol. The summed E-state index contributed by atoms with van der Waals surface area (Å²) in [5, 5.41) is 19.4. The van der Waals surface area contributed by atoms with Crippen LogP contribution in [0.4, 0.5) is 10.1 Å². The van der Waals surface area contributed by atoms with Crippen LogP contribution >= 0.6 is 11.3 Å². The van der Waals surface area contributed by atoms with Gasteiger partial charge in [0.15, 0.2) is 0 Å². The summed E-state index contributed by atoms with van der Waals surface area (Å²) < 4.78 is 37.6. The van der Waals surface area contributed by atoms with Gasteiger partial charge in [0, 0.05) is 22.7 Å². The number of carbonyl (C=O) groups is 1. The van der Waals surface area contributed by atoms with Gasteiger partial charge in [-0.3, -0.25) is 0 Å². The van der Waals surface area contributed by atoms with Crippen molar-refractivity contribution in [2.24, 2.45) is 5.14 Å². The first kappa shape index (κ1) is 19.0. The lowest BCUT2D eigenvalue weighted by Crippen LogP contribution is -2.16. The van der Waals surface area contributed by atoms with Crippen LogP contribution in [0.3, 0.4) is 0 Å². The second kappa shape index (κ2) is 7.47. The highest BCUT2D eigenvalue weighted by Gasteiger charge is 2.23. The first-order valence-corrected chi connectivity index (χ1v) is 10.1. The fourth-order valence-electron chi connectivity index (χ4n) is 2.62. The Morgan fingerprint density at radius 3 is 2.56 bits per heavy atom. The maximum atomic E-state index is 13.4. The fourth-order valence-corrected chi connectivity index (χ4v) is 4.28. The molecule has 0 unspecified atom stereocenters. The van der Waals surface area contributed by atoms with Crippen molar-refractivity contribution in [3.8, 4) is 10.4 Å². The average molecular weight is 406 g/mol. The average Bonchev–Trinajstić information content (AvgIpc) is 3.12. The van der Waals surface area contributed by atoms with E-state index in [2.05, 4.69) is 5.32 Å². The van der Waals surface area contributed by atoms with Crippen molar-refractivity contribution >= 4 is 33.0 Å². The van der Waals surface area contributed by atoms with Gasteiger partial charge < -0.3 is 10.4 Å². The molecule has 0 saturated heterocycles. The number of halogens is 1. The highest BCUT2D eigenvalue weighted by Crippen LogP contribution is 2.38. The molecule has 140 valence electrons. The Morgan fingerprint density at radius 2 is 1.96 bits per heavy atom. The summed E-state index contributed by atoms with van der Waals surface area (Å²) >= 11 is 1.29. The molecule has 0 aliphatic carbocycles. The molecule has 27 heavy (non-hydrogen) atoms. The minimum absolute atomic E-state index is 0.170. The summed E-state index contributed by atoms with van der Waals surface area (Å²) in [5.74, 6) is -1.69. The molecule has 0 aliphatic rings. The van der Waals surface area contributed by atoms with Crippen LogP contribution in [0, 0.1) is 5.82 Å². The quantitative estimate of drug-likeness (QED) is 0.580. The normalized spacial score (nSPS) is 11.3. The Balaban J connectivity index is 2.15. The summed E-state index contributed by atoms with van der Waals surface area (Å²) in [6.07, 6.45) is 0. The van der Waals surface area contributed by atoms with Crippen LogP contribution < -0.4 is 10.5 Å². The number of anilines is 1. The second-order valence-electron chi connectivity index (χ2n) is 5.71. The minimum Gasteiger partial charge on any atom is -0.478 e. The van der Waals surface area contributed by atoms with Crippen LogP contribution in [-0.4, -0.2) is 19.5 Å². The smallest absolute Gasteiger partial charge is 0.335 e. The van der Waals surface area contributed by atoms with Gasteiger partial charge >= 0.3 is 5.97 Å². The zero-order chi connectivity index (χ0) is 19.6. The number of hydrogen-bond donors (Lipinski definition) is 3. The van der Waals surface area contributed by atoms with E-state index in [0.29, 0.717) is 10.4 Å². The predicted octanol–water partition coefficient (Wildman–Crippen LogP) is 3.51. The zero-order valence-electron chi connectivity index (χ0n) is 13.8. The van der Waals surface area contributed by atoms with Gasteiger partial charge in [0.05, 0.1) is 10.5 Å². The van der Waals surface area contributed by atoms with Gasteiger partial charge in [0.2, 0.25) is 10.0 Å². The molecule has 2 aromatic carbocycles. The maximum absolute atomic E-state index is 13.4. The van der Waals surface area contributed by atoms with E-state index in [1.807, 2.05) is 0 Å². The van der Waals surface area contributed by atoms with Crippen LogP contribution in [0.15, 0.2) is 58.8 Å². The van der Waals surface area contributed by atoms with E-state index in [1.54, 1.807) is 29.6 Å². The molecule has 6 nitrogen and oxygen atoms in total. The SMILES string of the molecule is NS(=O)(=O)c1cc(C(=O)O)cc(NCc2cccc(F)c2)c1-c1cccs1. The Bertz CT molecular complexity index is 1100. The predicted molar refractivity (Wildman–Crippen MR) is 102 cm³/mol. The number of nitrogens with two attached hydrogens (primary N) is 1. The molecule has 0 aliphatic heterocycles. The Labute approximate surface area is 159 Å². The van der Waals surface area contributed by atoms with Crippen molar-refractivity contribution < 1.29 is 22.7 Å². The van der Waals surface area contributed by atoms with Crippen LogP contribution in [-0.2, 0) is 16.6 Å². The molecule has 0 bridgehead atoms. The third kappa shape index (κ3) is 4.33. The first-order chi connectivity index (χ1) is 12.8. The lowest BCUT2D eigenvalue weighted by Gasteiger charge is -2.16. The highest BCUT2D eigenvalue weighted by molar-refractivity contribution is 7.89. The Hall–Kier alpha value is -2.75. The molecular formula is C18H15FN2O4S2.